The maximum Gasteiger partial charge on any atom is 0.186 e. The summed E-state index contributed by atoms with van der Waals surface area (Å²) >= 11 is 0. The Bertz CT molecular complexity index is 573. The number of epoxide rings is 1. The lowest BCUT2D eigenvalue weighted by Gasteiger charge is -2.22. The highest BCUT2D eigenvalue weighted by molar-refractivity contribution is 5.58. The van der Waals surface area contributed by atoms with Crippen LogP contribution in [0.3, 0.4) is 0 Å². The Labute approximate surface area is 129 Å². The Hall–Kier alpha value is -1.34. The van der Waals surface area contributed by atoms with Gasteiger partial charge in [-0.25, -0.2) is 0 Å². The third-order valence-corrected chi connectivity index (χ3v) is 4.81. The van der Waals surface area contributed by atoms with Crippen LogP contribution in [0.1, 0.15) is 37.4 Å². The van der Waals surface area contributed by atoms with E-state index in [-0.39, 0.29) is 24.6 Å². The molecule has 1 saturated carbocycles. The normalized spacial score (nSPS) is 36.0. The first-order valence-electron chi connectivity index (χ1n) is 7.81. The van der Waals surface area contributed by atoms with Crippen LogP contribution in [0.25, 0.3) is 0 Å². The number of rotatable bonds is 3. The van der Waals surface area contributed by atoms with Crippen LogP contribution in [0.2, 0.25) is 0 Å². The molecule has 22 heavy (non-hydrogen) atoms. The number of ether oxygens (including phenoxy) is 4. The van der Waals surface area contributed by atoms with E-state index >= 15 is 0 Å². The molecule has 2 unspecified atom stereocenters. The number of hydrogen-bond donors (Lipinski definition) is 2. The monoisotopic (exact) mass is 306 g/mol. The number of anilines is 2. The SMILES string of the molecule is COC1OC1[C@@H]1OC2(CCCC2)O[C@H]1c1ccc(N)cc1N. The molecule has 1 aliphatic carbocycles. The Morgan fingerprint density at radius 3 is 2.55 bits per heavy atom. The lowest BCUT2D eigenvalue weighted by molar-refractivity contribution is -0.171. The topological polar surface area (TPSA) is 92.3 Å². The van der Waals surface area contributed by atoms with Gasteiger partial charge in [-0.1, -0.05) is 6.07 Å². The summed E-state index contributed by atoms with van der Waals surface area (Å²) in [6.07, 6.45) is 3.30. The van der Waals surface area contributed by atoms with E-state index in [1.54, 1.807) is 13.2 Å². The highest BCUT2D eigenvalue weighted by Gasteiger charge is 2.59. The molecular weight excluding hydrogens is 284 g/mol. The summed E-state index contributed by atoms with van der Waals surface area (Å²) < 4.78 is 23.5. The smallest absolute Gasteiger partial charge is 0.186 e. The van der Waals surface area contributed by atoms with Gasteiger partial charge in [0.1, 0.15) is 18.3 Å². The van der Waals surface area contributed by atoms with Crippen molar-refractivity contribution in [2.75, 3.05) is 18.6 Å². The fourth-order valence-corrected chi connectivity index (χ4v) is 3.65. The maximum absolute atomic E-state index is 6.34. The first-order valence-corrected chi connectivity index (χ1v) is 7.81. The van der Waals surface area contributed by atoms with Crippen LogP contribution >= 0.6 is 0 Å². The molecule has 0 radical (unpaired) electrons. The van der Waals surface area contributed by atoms with Gasteiger partial charge in [0.25, 0.3) is 0 Å². The standard InChI is InChI=1S/C16H22N2O4/c1-19-15-14(20-15)13-12(10-5-4-9(17)8-11(10)18)21-16(22-13)6-2-3-7-16/h4-5,8,12-15H,2-3,6-7,17-18H2,1H3/t12-,13+,14?,15?/m0/s1. The van der Waals surface area contributed by atoms with Crippen LogP contribution in [0.4, 0.5) is 11.4 Å². The van der Waals surface area contributed by atoms with Gasteiger partial charge in [-0.2, -0.15) is 0 Å². The second-order valence-corrected chi connectivity index (χ2v) is 6.33. The molecule has 4 atom stereocenters. The van der Waals surface area contributed by atoms with Gasteiger partial charge in [-0.15, -0.1) is 0 Å². The van der Waals surface area contributed by atoms with E-state index in [9.17, 15) is 0 Å². The number of benzene rings is 1. The van der Waals surface area contributed by atoms with Gasteiger partial charge in [-0.05, 0) is 25.0 Å². The molecule has 2 aliphatic heterocycles. The average Bonchev–Trinajstić information content (AvgIpc) is 3.00. The lowest BCUT2D eigenvalue weighted by atomic mass is 10.00. The fourth-order valence-electron chi connectivity index (χ4n) is 3.65. The fraction of sp³-hybridized carbons (Fsp3) is 0.625. The van der Waals surface area contributed by atoms with Gasteiger partial charge in [0.15, 0.2) is 12.1 Å². The highest BCUT2D eigenvalue weighted by Crippen LogP contribution is 2.52. The molecule has 0 bridgehead atoms. The van der Waals surface area contributed by atoms with E-state index in [0.717, 1.165) is 31.2 Å². The minimum absolute atomic E-state index is 0.105. The molecule has 0 amide bonds. The number of methoxy groups -OCH3 is 1. The maximum atomic E-state index is 6.34. The number of nitrogens with two attached hydrogens (primary N) is 2. The van der Waals surface area contributed by atoms with E-state index in [2.05, 4.69) is 0 Å². The molecule has 2 heterocycles. The second-order valence-electron chi connectivity index (χ2n) is 6.33. The summed E-state index contributed by atoms with van der Waals surface area (Å²) in [5, 5.41) is 0. The Morgan fingerprint density at radius 1 is 1.14 bits per heavy atom. The lowest BCUT2D eigenvalue weighted by Crippen LogP contribution is -2.28. The van der Waals surface area contributed by atoms with Crippen LogP contribution in [0.15, 0.2) is 18.2 Å². The van der Waals surface area contributed by atoms with Gasteiger partial charge < -0.3 is 30.4 Å². The second kappa shape index (κ2) is 5.09. The van der Waals surface area contributed by atoms with Gasteiger partial charge in [0.05, 0.1) is 0 Å². The van der Waals surface area contributed by atoms with Crippen molar-refractivity contribution in [1.29, 1.82) is 0 Å². The Balaban J connectivity index is 1.65. The van der Waals surface area contributed by atoms with Crippen molar-refractivity contribution in [3.8, 4) is 0 Å². The van der Waals surface area contributed by atoms with Crippen molar-refractivity contribution >= 4 is 11.4 Å². The summed E-state index contributed by atoms with van der Waals surface area (Å²) in [6.45, 7) is 0. The quantitative estimate of drug-likeness (QED) is 0.655. The molecule has 1 aromatic rings. The van der Waals surface area contributed by atoms with Crippen molar-refractivity contribution in [1.82, 2.24) is 0 Å². The summed E-state index contributed by atoms with van der Waals surface area (Å²) in [5.41, 5.74) is 14.1. The first kappa shape index (κ1) is 14.3. The molecule has 6 nitrogen and oxygen atoms in total. The molecule has 120 valence electrons. The van der Waals surface area contributed by atoms with E-state index in [1.165, 1.54) is 0 Å². The number of hydrogen-bond acceptors (Lipinski definition) is 6. The molecule has 1 aromatic carbocycles. The minimum atomic E-state index is -0.493. The number of nitrogen functional groups attached to an aromatic ring is 2. The Kier molecular flexibility index (Phi) is 3.30. The van der Waals surface area contributed by atoms with Crippen LogP contribution in [-0.4, -0.2) is 31.4 Å². The van der Waals surface area contributed by atoms with E-state index in [4.69, 9.17) is 30.4 Å². The molecule has 3 aliphatic rings. The average molecular weight is 306 g/mol. The predicted octanol–water partition coefficient (Wildman–Crippen LogP) is 1.95. The van der Waals surface area contributed by atoms with Crippen LogP contribution in [-0.2, 0) is 18.9 Å². The van der Waals surface area contributed by atoms with Gasteiger partial charge in [0, 0.05) is 36.9 Å². The van der Waals surface area contributed by atoms with Crippen molar-refractivity contribution in [2.45, 2.75) is 56.1 Å². The van der Waals surface area contributed by atoms with E-state index in [0.29, 0.717) is 11.4 Å². The predicted molar refractivity (Wildman–Crippen MR) is 80.8 cm³/mol. The molecule has 4 rings (SSSR count). The van der Waals surface area contributed by atoms with Crippen molar-refractivity contribution < 1.29 is 18.9 Å². The van der Waals surface area contributed by atoms with Gasteiger partial charge in [-0.3, -0.25) is 0 Å². The summed E-state index contributed by atoms with van der Waals surface area (Å²) in [7, 11) is 1.64. The van der Waals surface area contributed by atoms with Crippen LogP contribution in [0.5, 0.6) is 0 Å². The third-order valence-electron chi connectivity index (χ3n) is 4.81. The molecular formula is C16H22N2O4. The van der Waals surface area contributed by atoms with Gasteiger partial charge >= 0.3 is 0 Å². The molecule has 6 heteroatoms. The largest absolute Gasteiger partial charge is 0.399 e. The highest BCUT2D eigenvalue weighted by atomic mass is 16.8. The van der Waals surface area contributed by atoms with Gasteiger partial charge in [0.2, 0.25) is 0 Å². The van der Waals surface area contributed by atoms with Crippen molar-refractivity contribution in [2.24, 2.45) is 0 Å². The van der Waals surface area contributed by atoms with Crippen LogP contribution < -0.4 is 11.5 Å². The summed E-state index contributed by atoms with van der Waals surface area (Å²) in [5.74, 6) is -0.493. The molecule has 0 aromatic heterocycles. The van der Waals surface area contributed by atoms with Crippen molar-refractivity contribution in [3.05, 3.63) is 23.8 Å². The van der Waals surface area contributed by atoms with E-state index in [1.807, 2.05) is 12.1 Å². The zero-order valence-corrected chi connectivity index (χ0v) is 12.7. The minimum Gasteiger partial charge on any atom is -0.399 e. The third kappa shape index (κ3) is 2.27. The Morgan fingerprint density at radius 2 is 1.91 bits per heavy atom. The first-order chi connectivity index (χ1) is 10.6. The molecule has 2 saturated heterocycles. The zero-order chi connectivity index (χ0) is 15.3. The molecule has 1 spiro atoms. The summed E-state index contributed by atoms with van der Waals surface area (Å²) in [4.78, 5) is 0. The molecule has 4 N–H and O–H groups in total. The van der Waals surface area contributed by atoms with E-state index < -0.39 is 5.79 Å². The summed E-state index contributed by atoms with van der Waals surface area (Å²) in [6, 6.07) is 5.52. The van der Waals surface area contributed by atoms with Crippen LogP contribution in [0, 0.1) is 0 Å². The van der Waals surface area contributed by atoms with Crippen molar-refractivity contribution in [3.63, 3.8) is 0 Å². The zero-order valence-electron chi connectivity index (χ0n) is 12.7. The molecule has 3 fully saturated rings.